The predicted octanol–water partition coefficient (Wildman–Crippen LogP) is 9.13. The Labute approximate surface area is 213 Å². The average Bonchev–Trinajstić information content (AvgIpc) is 2.88. The standard InChI is InChI=1S/C14H10BrF3.C14H11F3O/c15-9-10-2-1-3-12(8-10)11-4-6-13(7-5-11)14(16,17)18;15-14(16,17)13-6-4-11(5-7-13)12-3-1-2-10(8-12)9-18/h1-8H,9H2;1-8,18H,9H2. The second-order valence-corrected chi connectivity index (χ2v) is 8.40. The maximum atomic E-state index is 12.4. The summed E-state index contributed by atoms with van der Waals surface area (Å²) in [6, 6.07) is 24.9. The third-order valence-electron chi connectivity index (χ3n) is 5.28. The van der Waals surface area contributed by atoms with Crippen LogP contribution in [-0.2, 0) is 24.3 Å². The van der Waals surface area contributed by atoms with Crippen LogP contribution in [-0.4, -0.2) is 5.11 Å². The molecule has 0 bridgehead atoms. The van der Waals surface area contributed by atoms with Crippen LogP contribution in [0, 0.1) is 0 Å². The molecule has 4 aromatic rings. The van der Waals surface area contributed by atoms with E-state index in [2.05, 4.69) is 15.9 Å². The van der Waals surface area contributed by atoms with Crippen LogP contribution in [0.4, 0.5) is 26.3 Å². The first kappa shape index (κ1) is 27.5. The molecule has 8 heteroatoms. The highest BCUT2D eigenvalue weighted by Crippen LogP contribution is 2.32. The Kier molecular flexibility index (Phi) is 8.98. The zero-order chi connectivity index (χ0) is 26.3. The van der Waals surface area contributed by atoms with Crippen molar-refractivity contribution >= 4 is 15.9 Å². The molecule has 0 amide bonds. The molecule has 0 fully saturated rings. The summed E-state index contributed by atoms with van der Waals surface area (Å²) in [5.41, 5.74) is 3.72. The molecule has 0 aliphatic carbocycles. The summed E-state index contributed by atoms with van der Waals surface area (Å²) in [5.74, 6) is 0. The van der Waals surface area contributed by atoms with Crippen molar-refractivity contribution in [3.63, 3.8) is 0 Å². The van der Waals surface area contributed by atoms with Crippen LogP contribution in [0.3, 0.4) is 0 Å². The van der Waals surface area contributed by atoms with E-state index in [1.807, 2.05) is 24.3 Å². The Hall–Kier alpha value is -3.10. The molecule has 0 saturated carbocycles. The van der Waals surface area contributed by atoms with Gasteiger partial charge >= 0.3 is 12.4 Å². The summed E-state index contributed by atoms with van der Waals surface area (Å²) in [6.07, 6.45) is -8.60. The maximum Gasteiger partial charge on any atom is 0.416 e. The van der Waals surface area contributed by atoms with Crippen LogP contribution in [0.25, 0.3) is 22.3 Å². The summed E-state index contributed by atoms with van der Waals surface area (Å²) in [6.45, 7) is -0.0888. The minimum Gasteiger partial charge on any atom is -0.392 e. The van der Waals surface area contributed by atoms with Crippen molar-refractivity contribution in [2.45, 2.75) is 24.3 Å². The summed E-state index contributed by atoms with van der Waals surface area (Å²) < 4.78 is 74.5. The highest BCUT2D eigenvalue weighted by Gasteiger charge is 2.30. The van der Waals surface area contributed by atoms with Gasteiger partial charge in [0.05, 0.1) is 17.7 Å². The van der Waals surface area contributed by atoms with Crippen LogP contribution in [0.2, 0.25) is 0 Å². The van der Waals surface area contributed by atoms with Crippen LogP contribution in [0.5, 0.6) is 0 Å². The molecule has 4 rings (SSSR count). The minimum absolute atomic E-state index is 0.0888. The van der Waals surface area contributed by atoms with Crippen LogP contribution in [0.15, 0.2) is 97.1 Å². The Bertz CT molecular complexity index is 1160. The van der Waals surface area contributed by atoms with E-state index in [0.717, 1.165) is 57.4 Å². The van der Waals surface area contributed by atoms with E-state index >= 15 is 0 Å². The van der Waals surface area contributed by atoms with Crippen molar-refractivity contribution < 1.29 is 31.4 Å². The number of aliphatic hydroxyl groups is 1. The van der Waals surface area contributed by atoms with Crippen molar-refractivity contribution in [1.82, 2.24) is 0 Å². The fraction of sp³-hybridized carbons (Fsp3) is 0.143. The van der Waals surface area contributed by atoms with Gasteiger partial charge in [0.2, 0.25) is 0 Å². The van der Waals surface area contributed by atoms with E-state index in [1.54, 1.807) is 24.3 Å². The third kappa shape index (κ3) is 7.45. The van der Waals surface area contributed by atoms with Gasteiger partial charge < -0.3 is 5.11 Å². The molecule has 1 nitrogen and oxygen atoms in total. The molecular formula is C28H21BrF6O. The smallest absolute Gasteiger partial charge is 0.392 e. The molecule has 0 unspecified atom stereocenters. The van der Waals surface area contributed by atoms with E-state index in [1.165, 1.54) is 24.3 Å². The minimum atomic E-state index is -4.31. The second-order valence-electron chi connectivity index (χ2n) is 7.84. The quantitative estimate of drug-likeness (QED) is 0.193. The largest absolute Gasteiger partial charge is 0.416 e. The lowest BCUT2D eigenvalue weighted by atomic mass is 10.0. The fourth-order valence-corrected chi connectivity index (χ4v) is 3.74. The zero-order valence-electron chi connectivity index (χ0n) is 18.7. The van der Waals surface area contributed by atoms with Crippen molar-refractivity contribution in [3.8, 4) is 22.3 Å². The highest BCUT2D eigenvalue weighted by molar-refractivity contribution is 9.08. The molecule has 36 heavy (non-hydrogen) atoms. The summed E-state index contributed by atoms with van der Waals surface area (Å²) in [4.78, 5) is 0. The number of hydrogen-bond acceptors (Lipinski definition) is 1. The number of alkyl halides is 7. The predicted molar refractivity (Wildman–Crippen MR) is 132 cm³/mol. The molecule has 1 N–H and O–H groups in total. The molecule has 0 spiro atoms. The number of benzene rings is 4. The number of halogens is 7. The van der Waals surface area contributed by atoms with E-state index in [0.29, 0.717) is 5.56 Å². The normalized spacial score (nSPS) is 11.6. The number of hydrogen-bond donors (Lipinski definition) is 1. The van der Waals surface area contributed by atoms with Gasteiger partial charge in [-0.05, 0) is 63.7 Å². The molecule has 0 saturated heterocycles. The Morgan fingerprint density at radius 1 is 0.528 bits per heavy atom. The van der Waals surface area contributed by atoms with Gasteiger partial charge in [0.1, 0.15) is 0 Å². The molecule has 0 radical (unpaired) electrons. The van der Waals surface area contributed by atoms with Crippen LogP contribution < -0.4 is 0 Å². The van der Waals surface area contributed by atoms with Gasteiger partial charge in [0, 0.05) is 5.33 Å². The van der Waals surface area contributed by atoms with Gasteiger partial charge in [0.15, 0.2) is 0 Å². The molecule has 188 valence electrons. The van der Waals surface area contributed by atoms with Crippen molar-refractivity contribution in [3.05, 3.63) is 119 Å². The van der Waals surface area contributed by atoms with E-state index in [9.17, 15) is 26.3 Å². The lowest BCUT2D eigenvalue weighted by molar-refractivity contribution is -0.138. The Morgan fingerprint density at radius 3 is 1.28 bits per heavy atom. The monoisotopic (exact) mass is 566 g/mol. The lowest BCUT2D eigenvalue weighted by Gasteiger charge is -2.08. The molecular weight excluding hydrogens is 546 g/mol. The summed E-state index contributed by atoms with van der Waals surface area (Å²) in [5, 5.41) is 9.73. The third-order valence-corrected chi connectivity index (χ3v) is 5.93. The van der Waals surface area contributed by atoms with Crippen molar-refractivity contribution in [1.29, 1.82) is 0 Å². The maximum absolute atomic E-state index is 12.4. The van der Waals surface area contributed by atoms with E-state index < -0.39 is 23.5 Å². The molecule has 0 atom stereocenters. The molecule has 4 aromatic carbocycles. The molecule has 0 heterocycles. The van der Waals surface area contributed by atoms with Gasteiger partial charge in [0.25, 0.3) is 0 Å². The van der Waals surface area contributed by atoms with Gasteiger partial charge in [-0.15, -0.1) is 0 Å². The zero-order valence-corrected chi connectivity index (χ0v) is 20.3. The van der Waals surface area contributed by atoms with Crippen molar-refractivity contribution in [2.24, 2.45) is 0 Å². The average molecular weight is 567 g/mol. The first-order valence-electron chi connectivity index (χ1n) is 10.7. The SMILES string of the molecule is FC(F)(F)c1ccc(-c2cccc(CBr)c2)cc1.OCc1cccc(-c2ccc(C(F)(F)F)cc2)c1. The van der Waals surface area contributed by atoms with E-state index in [-0.39, 0.29) is 6.61 Å². The molecule has 0 aromatic heterocycles. The fourth-order valence-electron chi connectivity index (χ4n) is 3.39. The Morgan fingerprint density at radius 2 is 0.917 bits per heavy atom. The topological polar surface area (TPSA) is 20.2 Å². The number of rotatable bonds is 4. The van der Waals surface area contributed by atoms with Crippen molar-refractivity contribution in [2.75, 3.05) is 0 Å². The Balaban J connectivity index is 0.000000201. The van der Waals surface area contributed by atoms with Crippen LogP contribution >= 0.6 is 15.9 Å². The van der Waals surface area contributed by atoms with E-state index in [4.69, 9.17) is 5.11 Å². The first-order valence-corrected chi connectivity index (χ1v) is 11.8. The first-order chi connectivity index (χ1) is 17.0. The lowest BCUT2D eigenvalue weighted by Crippen LogP contribution is -2.03. The van der Waals surface area contributed by atoms with Gasteiger partial charge in [-0.1, -0.05) is 82.7 Å². The molecule has 0 aliphatic heterocycles. The van der Waals surface area contributed by atoms with Gasteiger partial charge in [-0.3, -0.25) is 0 Å². The summed E-state index contributed by atoms with van der Waals surface area (Å²) >= 11 is 3.35. The van der Waals surface area contributed by atoms with Gasteiger partial charge in [-0.2, -0.15) is 26.3 Å². The van der Waals surface area contributed by atoms with Crippen LogP contribution in [0.1, 0.15) is 22.3 Å². The second kappa shape index (κ2) is 11.8. The van der Waals surface area contributed by atoms with Gasteiger partial charge in [-0.25, -0.2) is 0 Å². The molecule has 0 aliphatic rings. The number of aliphatic hydroxyl groups excluding tert-OH is 1. The summed E-state index contributed by atoms with van der Waals surface area (Å²) in [7, 11) is 0. The highest BCUT2D eigenvalue weighted by atomic mass is 79.9.